The first kappa shape index (κ1) is 9.36. The molecule has 1 aromatic carbocycles. The summed E-state index contributed by atoms with van der Waals surface area (Å²) in [4.78, 5) is 0. The molecule has 0 bridgehead atoms. The Bertz CT molecular complexity index is 222. The van der Waals surface area contributed by atoms with E-state index in [0.29, 0.717) is 6.61 Å². The fourth-order valence-corrected chi connectivity index (χ4v) is 0.928. The molecular formula is C9H12ClNO. The van der Waals surface area contributed by atoms with Gasteiger partial charge in [-0.3, -0.25) is 0 Å². The van der Waals surface area contributed by atoms with Crippen LogP contribution >= 0.6 is 11.6 Å². The van der Waals surface area contributed by atoms with E-state index in [1.807, 2.05) is 31.3 Å². The van der Waals surface area contributed by atoms with Crippen molar-refractivity contribution in [2.45, 2.75) is 0 Å². The number of nitrogens with one attached hydrogen (secondary N) is 1. The fourth-order valence-electron chi connectivity index (χ4n) is 0.802. The van der Waals surface area contributed by atoms with Gasteiger partial charge in [-0.25, -0.2) is 0 Å². The zero-order valence-corrected chi connectivity index (χ0v) is 7.77. The van der Waals surface area contributed by atoms with Crippen LogP contribution in [0, 0.1) is 0 Å². The van der Waals surface area contributed by atoms with Crippen LogP contribution in [-0.4, -0.2) is 20.2 Å². The molecule has 0 aromatic heterocycles. The quantitative estimate of drug-likeness (QED) is 0.724. The molecule has 3 heteroatoms. The van der Waals surface area contributed by atoms with E-state index in [1.165, 1.54) is 0 Å². The number of halogens is 1. The molecule has 0 heterocycles. The van der Waals surface area contributed by atoms with Crippen molar-refractivity contribution in [3.05, 3.63) is 29.3 Å². The number of benzene rings is 1. The first-order chi connectivity index (χ1) is 5.83. The summed E-state index contributed by atoms with van der Waals surface area (Å²) in [5.74, 6) is 0.856. The predicted molar refractivity (Wildman–Crippen MR) is 50.9 cm³/mol. The number of hydrogen-bond acceptors (Lipinski definition) is 2. The molecule has 1 N–H and O–H groups in total. The second-order valence-electron chi connectivity index (χ2n) is 2.41. The average Bonchev–Trinajstić information content (AvgIpc) is 2.09. The molecule has 0 amide bonds. The van der Waals surface area contributed by atoms with Gasteiger partial charge in [0.25, 0.3) is 0 Å². The standard InChI is InChI=1S/C9H12ClNO/c1-11-6-7-12-9-4-2-8(10)3-5-9/h2-5,11H,6-7H2,1H3. The summed E-state index contributed by atoms with van der Waals surface area (Å²) in [6, 6.07) is 7.35. The van der Waals surface area contributed by atoms with Crippen molar-refractivity contribution in [1.29, 1.82) is 0 Å². The molecule has 0 unspecified atom stereocenters. The van der Waals surface area contributed by atoms with E-state index >= 15 is 0 Å². The van der Waals surface area contributed by atoms with E-state index in [1.54, 1.807) is 0 Å². The van der Waals surface area contributed by atoms with Crippen LogP contribution in [-0.2, 0) is 0 Å². The van der Waals surface area contributed by atoms with Crippen LogP contribution in [0.25, 0.3) is 0 Å². The van der Waals surface area contributed by atoms with Crippen molar-refractivity contribution in [2.24, 2.45) is 0 Å². The van der Waals surface area contributed by atoms with Crippen LogP contribution in [0.1, 0.15) is 0 Å². The Morgan fingerprint density at radius 2 is 2.00 bits per heavy atom. The number of rotatable bonds is 4. The normalized spacial score (nSPS) is 9.83. The Morgan fingerprint density at radius 3 is 2.58 bits per heavy atom. The lowest BCUT2D eigenvalue weighted by Crippen LogP contribution is -2.15. The van der Waals surface area contributed by atoms with E-state index in [4.69, 9.17) is 16.3 Å². The lowest BCUT2D eigenvalue weighted by atomic mass is 10.3. The SMILES string of the molecule is CNCCOc1ccc(Cl)cc1. The largest absolute Gasteiger partial charge is 0.492 e. The fraction of sp³-hybridized carbons (Fsp3) is 0.333. The van der Waals surface area contributed by atoms with Gasteiger partial charge in [-0.05, 0) is 31.3 Å². The topological polar surface area (TPSA) is 21.3 Å². The number of hydrogen-bond donors (Lipinski definition) is 1. The maximum absolute atomic E-state index is 5.71. The van der Waals surface area contributed by atoms with E-state index in [2.05, 4.69) is 5.32 Å². The van der Waals surface area contributed by atoms with Crippen LogP contribution in [0.2, 0.25) is 5.02 Å². The Kier molecular flexibility index (Phi) is 3.91. The van der Waals surface area contributed by atoms with Gasteiger partial charge < -0.3 is 10.1 Å². The van der Waals surface area contributed by atoms with E-state index in [0.717, 1.165) is 17.3 Å². The van der Waals surface area contributed by atoms with Gasteiger partial charge in [0.2, 0.25) is 0 Å². The molecule has 0 spiro atoms. The van der Waals surface area contributed by atoms with Crippen molar-refractivity contribution >= 4 is 11.6 Å². The number of likely N-dealkylation sites (N-methyl/N-ethyl adjacent to an activating group) is 1. The summed E-state index contributed by atoms with van der Waals surface area (Å²) in [5, 5.41) is 3.73. The minimum absolute atomic E-state index is 0.679. The first-order valence-electron chi connectivity index (χ1n) is 3.86. The number of ether oxygens (including phenoxy) is 1. The molecule has 1 aromatic rings. The molecule has 2 nitrogen and oxygen atoms in total. The highest BCUT2D eigenvalue weighted by atomic mass is 35.5. The van der Waals surface area contributed by atoms with E-state index in [-0.39, 0.29) is 0 Å². The monoisotopic (exact) mass is 185 g/mol. The Morgan fingerprint density at radius 1 is 1.33 bits per heavy atom. The summed E-state index contributed by atoms with van der Waals surface area (Å²) in [7, 11) is 1.89. The molecule has 0 radical (unpaired) electrons. The van der Waals surface area contributed by atoms with Gasteiger partial charge in [0.15, 0.2) is 0 Å². The molecular weight excluding hydrogens is 174 g/mol. The molecule has 0 aliphatic rings. The maximum atomic E-state index is 5.71. The second-order valence-corrected chi connectivity index (χ2v) is 2.84. The van der Waals surface area contributed by atoms with Crippen molar-refractivity contribution in [2.75, 3.05) is 20.2 Å². The van der Waals surface area contributed by atoms with Gasteiger partial charge in [0, 0.05) is 11.6 Å². The van der Waals surface area contributed by atoms with Gasteiger partial charge in [0.05, 0.1) is 0 Å². The lowest BCUT2D eigenvalue weighted by Gasteiger charge is -2.04. The van der Waals surface area contributed by atoms with Crippen LogP contribution < -0.4 is 10.1 Å². The highest BCUT2D eigenvalue weighted by Crippen LogP contribution is 2.14. The van der Waals surface area contributed by atoms with Crippen LogP contribution in [0.5, 0.6) is 5.75 Å². The molecule has 0 fully saturated rings. The summed E-state index contributed by atoms with van der Waals surface area (Å²) in [6.07, 6.45) is 0. The smallest absolute Gasteiger partial charge is 0.119 e. The van der Waals surface area contributed by atoms with Crippen LogP contribution in [0.15, 0.2) is 24.3 Å². The molecule has 1 rings (SSSR count). The van der Waals surface area contributed by atoms with Crippen LogP contribution in [0.4, 0.5) is 0 Å². The molecule has 0 atom stereocenters. The maximum Gasteiger partial charge on any atom is 0.119 e. The average molecular weight is 186 g/mol. The van der Waals surface area contributed by atoms with Crippen molar-refractivity contribution in [3.8, 4) is 5.75 Å². The molecule has 66 valence electrons. The minimum Gasteiger partial charge on any atom is -0.492 e. The minimum atomic E-state index is 0.679. The third kappa shape index (κ3) is 3.11. The molecule has 0 aliphatic heterocycles. The van der Waals surface area contributed by atoms with Gasteiger partial charge in [0.1, 0.15) is 12.4 Å². The zero-order valence-electron chi connectivity index (χ0n) is 7.01. The Balaban J connectivity index is 2.37. The summed E-state index contributed by atoms with van der Waals surface area (Å²) >= 11 is 5.71. The molecule has 0 aliphatic carbocycles. The molecule has 0 saturated heterocycles. The van der Waals surface area contributed by atoms with E-state index in [9.17, 15) is 0 Å². The summed E-state index contributed by atoms with van der Waals surface area (Å²) in [6.45, 7) is 1.53. The summed E-state index contributed by atoms with van der Waals surface area (Å²) < 4.78 is 5.38. The Hall–Kier alpha value is -0.730. The van der Waals surface area contributed by atoms with Gasteiger partial charge in [-0.15, -0.1) is 0 Å². The van der Waals surface area contributed by atoms with Crippen molar-refractivity contribution in [3.63, 3.8) is 0 Å². The van der Waals surface area contributed by atoms with Crippen LogP contribution in [0.3, 0.4) is 0 Å². The van der Waals surface area contributed by atoms with Gasteiger partial charge in [-0.1, -0.05) is 11.6 Å². The lowest BCUT2D eigenvalue weighted by molar-refractivity contribution is 0.318. The third-order valence-electron chi connectivity index (χ3n) is 1.43. The third-order valence-corrected chi connectivity index (χ3v) is 1.69. The Labute approximate surface area is 77.5 Å². The first-order valence-corrected chi connectivity index (χ1v) is 4.23. The highest BCUT2D eigenvalue weighted by molar-refractivity contribution is 6.30. The molecule has 12 heavy (non-hydrogen) atoms. The second kappa shape index (κ2) is 5.01. The highest BCUT2D eigenvalue weighted by Gasteiger charge is 1.91. The van der Waals surface area contributed by atoms with Crippen molar-refractivity contribution in [1.82, 2.24) is 5.32 Å². The predicted octanol–water partition coefficient (Wildman–Crippen LogP) is 1.94. The van der Waals surface area contributed by atoms with E-state index < -0.39 is 0 Å². The zero-order chi connectivity index (χ0) is 8.81. The molecule has 0 saturated carbocycles. The summed E-state index contributed by atoms with van der Waals surface area (Å²) in [5.41, 5.74) is 0. The van der Waals surface area contributed by atoms with Gasteiger partial charge >= 0.3 is 0 Å². The van der Waals surface area contributed by atoms with Gasteiger partial charge in [-0.2, -0.15) is 0 Å². The van der Waals surface area contributed by atoms with Crippen molar-refractivity contribution < 1.29 is 4.74 Å².